The molecule has 4 nitrogen and oxygen atoms in total. The predicted molar refractivity (Wildman–Crippen MR) is 75.4 cm³/mol. The van der Waals surface area contributed by atoms with E-state index in [-0.39, 0.29) is 11.4 Å². The molecule has 2 rings (SSSR count). The van der Waals surface area contributed by atoms with Gasteiger partial charge in [0, 0.05) is 6.20 Å². The van der Waals surface area contributed by atoms with Crippen LogP contribution in [-0.4, -0.2) is 16.1 Å². The minimum absolute atomic E-state index is 0.110. The van der Waals surface area contributed by atoms with Crippen molar-refractivity contribution < 1.29 is 9.90 Å². The van der Waals surface area contributed by atoms with Crippen LogP contribution in [0.15, 0.2) is 30.5 Å². The maximum Gasteiger partial charge on any atom is 0.339 e. The summed E-state index contributed by atoms with van der Waals surface area (Å²) in [5.74, 6) is -0.750. The molecule has 0 unspecified atom stereocenters. The number of nitrogens with one attached hydrogen (secondary N) is 1. The summed E-state index contributed by atoms with van der Waals surface area (Å²) in [6.07, 6.45) is 1.53. The normalized spacial score (nSPS) is 10.3. The lowest BCUT2D eigenvalue weighted by molar-refractivity contribution is 0.0697. The van der Waals surface area contributed by atoms with Gasteiger partial charge in [-0.15, -0.1) is 0 Å². The topological polar surface area (TPSA) is 62.2 Å². The number of nitrogens with zero attached hydrogens (tertiary/aromatic N) is 1. The molecule has 0 saturated heterocycles. The van der Waals surface area contributed by atoms with Crippen LogP contribution in [0.3, 0.4) is 0 Å². The number of benzene rings is 1. The van der Waals surface area contributed by atoms with Gasteiger partial charge in [-0.3, -0.25) is 0 Å². The summed E-state index contributed by atoms with van der Waals surface area (Å²) in [5.41, 5.74) is 2.77. The van der Waals surface area contributed by atoms with E-state index in [2.05, 4.69) is 10.3 Å². The molecule has 0 atom stereocenters. The SMILES string of the molecule is Cc1cc(C)c(Nc2ncccc2C(=O)O)c(Cl)c1. The maximum absolute atomic E-state index is 11.1. The molecular formula is C14H13ClN2O2. The summed E-state index contributed by atoms with van der Waals surface area (Å²) in [6.45, 7) is 3.86. The Kier molecular flexibility index (Phi) is 3.71. The molecule has 0 aliphatic heterocycles. The van der Waals surface area contributed by atoms with Crippen LogP contribution in [0.25, 0.3) is 0 Å². The summed E-state index contributed by atoms with van der Waals surface area (Å²) in [4.78, 5) is 15.2. The van der Waals surface area contributed by atoms with Gasteiger partial charge in [-0.2, -0.15) is 0 Å². The van der Waals surface area contributed by atoms with Gasteiger partial charge in [0.25, 0.3) is 0 Å². The Hall–Kier alpha value is -2.07. The molecule has 0 radical (unpaired) electrons. The van der Waals surface area contributed by atoms with Gasteiger partial charge in [-0.05, 0) is 43.2 Å². The predicted octanol–water partition coefficient (Wildman–Crippen LogP) is 3.79. The number of rotatable bonds is 3. The molecule has 5 heteroatoms. The van der Waals surface area contributed by atoms with Crippen LogP contribution in [0, 0.1) is 13.8 Å². The number of carboxylic acid groups (broad SMARTS) is 1. The summed E-state index contributed by atoms with van der Waals surface area (Å²) >= 11 is 6.18. The average molecular weight is 277 g/mol. The molecule has 0 aliphatic rings. The summed E-state index contributed by atoms with van der Waals surface area (Å²) in [6, 6.07) is 6.87. The first kappa shape index (κ1) is 13.4. The number of aromatic carboxylic acids is 1. The van der Waals surface area contributed by atoms with E-state index in [9.17, 15) is 4.79 Å². The number of aromatic nitrogens is 1. The third-order valence-corrected chi connectivity index (χ3v) is 3.01. The van der Waals surface area contributed by atoms with Crippen molar-refractivity contribution in [1.29, 1.82) is 0 Å². The molecule has 19 heavy (non-hydrogen) atoms. The van der Waals surface area contributed by atoms with Crippen molar-refractivity contribution in [3.63, 3.8) is 0 Å². The number of hydrogen-bond acceptors (Lipinski definition) is 3. The monoisotopic (exact) mass is 276 g/mol. The molecule has 1 aromatic carbocycles. The van der Waals surface area contributed by atoms with Crippen molar-refractivity contribution >= 4 is 29.1 Å². The van der Waals surface area contributed by atoms with Crippen molar-refractivity contribution in [3.05, 3.63) is 52.2 Å². The van der Waals surface area contributed by atoms with Crippen LogP contribution in [0.1, 0.15) is 21.5 Å². The summed E-state index contributed by atoms with van der Waals surface area (Å²) in [7, 11) is 0. The lowest BCUT2D eigenvalue weighted by Crippen LogP contribution is -2.05. The van der Waals surface area contributed by atoms with E-state index < -0.39 is 5.97 Å². The smallest absolute Gasteiger partial charge is 0.339 e. The molecule has 98 valence electrons. The van der Waals surface area contributed by atoms with Gasteiger partial charge in [0.15, 0.2) is 0 Å². The zero-order valence-electron chi connectivity index (χ0n) is 10.6. The first-order chi connectivity index (χ1) is 8.99. The molecule has 0 spiro atoms. The Balaban J connectivity index is 2.45. The van der Waals surface area contributed by atoms with Gasteiger partial charge >= 0.3 is 5.97 Å². The third kappa shape index (κ3) is 2.85. The minimum atomic E-state index is -1.03. The Morgan fingerprint density at radius 3 is 2.74 bits per heavy atom. The van der Waals surface area contributed by atoms with Crippen molar-refractivity contribution in [2.75, 3.05) is 5.32 Å². The number of carbonyl (C=O) groups is 1. The highest BCUT2D eigenvalue weighted by molar-refractivity contribution is 6.33. The van der Waals surface area contributed by atoms with Crippen molar-refractivity contribution in [3.8, 4) is 0 Å². The fourth-order valence-corrected chi connectivity index (χ4v) is 2.24. The number of hydrogen-bond donors (Lipinski definition) is 2. The first-order valence-corrected chi connectivity index (χ1v) is 6.09. The molecule has 0 bridgehead atoms. The van der Waals surface area contributed by atoms with Crippen LogP contribution in [0.4, 0.5) is 11.5 Å². The van der Waals surface area contributed by atoms with Gasteiger partial charge in [0.1, 0.15) is 11.4 Å². The highest BCUT2D eigenvalue weighted by atomic mass is 35.5. The Bertz CT molecular complexity index is 618. The lowest BCUT2D eigenvalue weighted by atomic mass is 10.1. The van der Waals surface area contributed by atoms with Gasteiger partial charge in [-0.25, -0.2) is 9.78 Å². The molecule has 2 aromatic rings. The molecule has 0 amide bonds. The molecule has 0 saturated carbocycles. The zero-order valence-corrected chi connectivity index (χ0v) is 11.3. The second-order valence-corrected chi connectivity index (χ2v) is 4.68. The molecule has 0 fully saturated rings. The van der Waals surface area contributed by atoms with E-state index in [1.807, 2.05) is 26.0 Å². The maximum atomic E-state index is 11.1. The van der Waals surface area contributed by atoms with Gasteiger partial charge < -0.3 is 10.4 Å². The zero-order chi connectivity index (χ0) is 14.0. The van der Waals surface area contributed by atoms with Crippen molar-refractivity contribution in [1.82, 2.24) is 4.98 Å². The van der Waals surface area contributed by atoms with E-state index in [1.54, 1.807) is 6.07 Å². The van der Waals surface area contributed by atoms with Crippen molar-refractivity contribution in [2.45, 2.75) is 13.8 Å². The molecule has 0 aliphatic carbocycles. The second kappa shape index (κ2) is 5.28. The van der Waals surface area contributed by atoms with Gasteiger partial charge in [0.2, 0.25) is 0 Å². The molecule has 1 aromatic heterocycles. The standard InChI is InChI=1S/C14H13ClN2O2/c1-8-6-9(2)12(11(15)7-8)17-13-10(14(18)19)4-3-5-16-13/h3-7H,1-2H3,(H,16,17)(H,18,19). The number of anilines is 2. The fourth-order valence-electron chi connectivity index (χ4n) is 1.87. The van der Waals surface area contributed by atoms with Crippen LogP contribution in [0.2, 0.25) is 5.02 Å². The number of aryl methyl sites for hydroxylation is 2. The quantitative estimate of drug-likeness (QED) is 0.895. The first-order valence-electron chi connectivity index (χ1n) is 5.71. The van der Waals surface area contributed by atoms with Crippen molar-refractivity contribution in [2.24, 2.45) is 0 Å². The van der Waals surface area contributed by atoms with E-state index >= 15 is 0 Å². The van der Waals surface area contributed by atoms with E-state index in [1.165, 1.54) is 12.3 Å². The van der Waals surface area contributed by atoms with E-state index in [4.69, 9.17) is 16.7 Å². The van der Waals surface area contributed by atoms with Crippen LogP contribution >= 0.6 is 11.6 Å². The van der Waals surface area contributed by atoms with Gasteiger partial charge in [0.05, 0.1) is 10.7 Å². The highest BCUT2D eigenvalue weighted by Gasteiger charge is 2.13. The van der Waals surface area contributed by atoms with Crippen LogP contribution < -0.4 is 5.32 Å². The Morgan fingerprint density at radius 2 is 2.11 bits per heavy atom. The second-order valence-electron chi connectivity index (χ2n) is 4.27. The fraction of sp³-hybridized carbons (Fsp3) is 0.143. The molecular weight excluding hydrogens is 264 g/mol. The number of halogens is 1. The number of pyridine rings is 1. The van der Waals surface area contributed by atoms with E-state index in [0.717, 1.165) is 11.1 Å². The highest BCUT2D eigenvalue weighted by Crippen LogP contribution is 2.30. The molecule has 1 heterocycles. The lowest BCUT2D eigenvalue weighted by Gasteiger charge is -2.13. The Labute approximate surface area is 116 Å². The number of carboxylic acids is 1. The van der Waals surface area contributed by atoms with Crippen LogP contribution in [-0.2, 0) is 0 Å². The largest absolute Gasteiger partial charge is 0.478 e. The minimum Gasteiger partial charge on any atom is -0.478 e. The molecule has 2 N–H and O–H groups in total. The summed E-state index contributed by atoms with van der Waals surface area (Å²) in [5, 5.41) is 12.6. The third-order valence-electron chi connectivity index (χ3n) is 2.71. The van der Waals surface area contributed by atoms with E-state index in [0.29, 0.717) is 10.7 Å². The van der Waals surface area contributed by atoms with Crippen LogP contribution in [0.5, 0.6) is 0 Å². The average Bonchev–Trinajstić information content (AvgIpc) is 2.34. The Morgan fingerprint density at radius 1 is 1.37 bits per heavy atom. The summed E-state index contributed by atoms with van der Waals surface area (Å²) < 4.78 is 0. The van der Waals surface area contributed by atoms with Gasteiger partial charge in [-0.1, -0.05) is 17.7 Å².